The minimum Gasteiger partial charge on any atom is -0.384 e. The fourth-order valence-electron chi connectivity index (χ4n) is 1.88. The van der Waals surface area contributed by atoms with Gasteiger partial charge in [0.1, 0.15) is 5.60 Å². The maximum Gasteiger partial charge on any atom is 0.102 e. The van der Waals surface area contributed by atoms with E-state index in [2.05, 4.69) is 38.1 Å². The van der Waals surface area contributed by atoms with Crippen molar-refractivity contribution in [2.45, 2.75) is 19.4 Å². The minimum absolute atomic E-state index is 0.357. The molecule has 0 unspecified atom stereocenters. The summed E-state index contributed by atoms with van der Waals surface area (Å²) in [6.07, 6.45) is 0. The van der Waals surface area contributed by atoms with E-state index >= 15 is 0 Å². The molecule has 1 aromatic carbocycles. The SMILES string of the molecule is Cc1ccc([C@]2(O)CSC[C@@H]2C)cc1. The van der Waals surface area contributed by atoms with Gasteiger partial charge in [-0.3, -0.25) is 0 Å². The van der Waals surface area contributed by atoms with E-state index < -0.39 is 5.60 Å². The summed E-state index contributed by atoms with van der Waals surface area (Å²) in [5.74, 6) is 2.25. The first kappa shape index (κ1) is 10.1. The number of benzene rings is 1. The van der Waals surface area contributed by atoms with Gasteiger partial charge in [-0.05, 0) is 24.2 Å². The third kappa shape index (κ3) is 1.57. The van der Waals surface area contributed by atoms with Crippen LogP contribution < -0.4 is 0 Å². The molecule has 2 atom stereocenters. The normalized spacial score (nSPS) is 32.1. The summed E-state index contributed by atoms with van der Waals surface area (Å²) in [5.41, 5.74) is 1.72. The Kier molecular flexibility index (Phi) is 2.58. The first-order valence-electron chi connectivity index (χ1n) is 5.00. The summed E-state index contributed by atoms with van der Waals surface area (Å²) in [4.78, 5) is 0. The average molecular weight is 208 g/mol. The number of thioether (sulfide) groups is 1. The molecule has 76 valence electrons. The Morgan fingerprint density at radius 2 is 2.00 bits per heavy atom. The molecule has 1 nitrogen and oxygen atoms in total. The van der Waals surface area contributed by atoms with Crippen molar-refractivity contribution in [3.05, 3.63) is 35.4 Å². The first-order chi connectivity index (χ1) is 6.63. The lowest BCUT2D eigenvalue weighted by atomic mass is 9.85. The summed E-state index contributed by atoms with van der Waals surface area (Å²) >= 11 is 1.84. The number of hydrogen-bond acceptors (Lipinski definition) is 2. The Balaban J connectivity index is 2.34. The molecule has 1 aliphatic rings. The highest BCUT2D eigenvalue weighted by atomic mass is 32.2. The molecule has 1 fully saturated rings. The molecular weight excluding hydrogens is 192 g/mol. The van der Waals surface area contributed by atoms with Crippen molar-refractivity contribution < 1.29 is 5.11 Å². The summed E-state index contributed by atoms with van der Waals surface area (Å²) in [5, 5.41) is 10.5. The monoisotopic (exact) mass is 208 g/mol. The number of rotatable bonds is 1. The zero-order chi connectivity index (χ0) is 10.2. The van der Waals surface area contributed by atoms with Crippen molar-refractivity contribution in [2.75, 3.05) is 11.5 Å². The van der Waals surface area contributed by atoms with E-state index in [1.807, 2.05) is 11.8 Å². The van der Waals surface area contributed by atoms with E-state index in [1.54, 1.807) is 0 Å². The second-order valence-corrected chi connectivity index (χ2v) is 5.24. The second-order valence-electron chi connectivity index (χ2n) is 4.21. The summed E-state index contributed by atoms with van der Waals surface area (Å²) < 4.78 is 0. The van der Waals surface area contributed by atoms with Crippen LogP contribution in [0.5, 0.6) is 0 Å². The number of hydrogen-bond donors (Lipinski definition) is 1. The van der Waals surface area contributed by atoms with E-state index in [0.29, 0.717) is 5.92 Å². The predicted octanol–water partition coefficient (Wildman–Crippen LogP) is 2.57. The van der Waals surface area contributed by atoms with Crippen molar-refractivity contribution in [1.82, 2.24) is 0 Å². The first-order valence-corrected chi connectivity index (χ1v) is 6.15. The fourth-order valence-corrected chi connectivity index (χ4v) is 3.39. The minimum atomic E-state index is -0.599. The smallest absolute Gasteiger partial charge is 0.102 e. The number of aliphatic hydroxyl groups is 1. The van der Waals surface area contributed by atoms with Gasteiger partial charge in [0.05, 0.1) is 0 Å². The van der Waals surface area contributed by atoms with Crippen LogP contribution in [-0.4, -0.2) is 16.6 Å². The second kappa shape index (κ2) is 3.59. The molecule has 1 saturated heterocycles. The van der Waals surface area contributed by atoms with Gasteiger partial charge in [-0.15, -0.1) is 0 Å². The standard InChI is InChI=1S/C12H16OS/c1-9-3-5-11(6-4-9)12(13)8-14-7-10(12)2/h3-6,10,13H,7-8H2,1-2H3/t10-,12-/m0/s1. The topological polar surface area (TPSA) is 20.2 Å². The zero-order valence-electron chi connectivity index (χ0n) is 8.66. The van der Waals surface area contributed by atoms with Gasteiger partial charge < -0.3 is 5.11 Å². The Labute approximate surface area is 89.5 Å². The van der Waals surface area contributed by atoms with Gasteiger partial charge in [-0.1, -0.05) is 36.8 Å². The maximum atomic E-state index is 10.5. The van der Waals surface area contributed by atoms with Crippen LogP contribution in [0.25, 0.3) is 0 Å². The van der Waals surface area contributed by atoms with Crippen LogP contribution >= 0.6 is 11.8 Å². The Morgan fingerprint density at radius 3 is 2.50 bits per heavy atom. The Morgan fingerprint density at radius 1 is 1.36 bits per heavy atom. The van der Waals surface area contributed by atoms with Crippen molar-refractivity contribution in [3.8, 4) is 0 Å². The quantitative estimate of drug-likeness (QED) is 0.765. The molecule has 0 aromatic heterocycles. The van der Waals surface area contributed by atoms with Crippen LogP contribution in [0.15, 0.2) is 24.3 Å². The van der Waals surface area contributed by atoms with Gasteiger partial charge in [0.25, 0.3) is 0 Å². The molecule has 1 heterocycles. The molecule has 0 radical (unpaired) electrons. The van der Waals surface area contributed by atoms with Gasteiger partial charge in [0, 0.05) is 5.75 Å². The molecule has 14 heavy (non-hydrogen) atoms. The molecular formula is C12H16OS. The largest absolute Gasteiger partial charge is 0.384 e. The third-order valence-electron chi connectivity index (χ3n) is 3.06. The highest BCUT2D eigenvalue weighted by Crippen LogP contribution is 2.41. The van der Waals surface area contributed by atoms with Crippen LogP contribution in [0.3, 0.4) is 0 Å². The molecule has 0 saturated carbocycles. The van der Waals surface area contributed by atoms with Crippen molar-refractivity contribution in [3.63, 3.8) is 0 Å². The van der Waals surface area contributed by atoms with Crippen molar-refractivity contribution in [2.24, 2.45) is 5.92 Å². The Bertz CT molecular complexity index is 320. The van der Waals surface area contributed by atoms with E-state index in [1.165, 1.54) is 5.56 Å². The third-order valence-corrected chi connectivity index (χ3v) is 4.44. The molecule has 1 N–H and O–H groups in total. The van der Waals surface area contributed by atoms with Crippen LogP contribution in [0.2, 0.25) is 0 Å². The molecule has 1 aromatic rings. The molecule has 0 amide bonds. The zero-order valence-corrected chi connectivity index (χ0v) is 9.47. The van der Waals surface area contributed by atoms with Crippen LogP contribution in [0.1, 0.15) is 18.1 Å². The summed E-state index contributed by atoms with van der Waals surface area (Å²) in [6, 6.07) is 8.25. The van der Waals surface area contributed by atoms with E-state index in [4.69, 9.17) is 0 Å². The summed E-state index contributed by atoms with van der Waals surface area (Å²) in [7, 11) is 0. The predicted molar refractivity (Wildman–Crippen MR) is 61.6 cm³/mol. The highest BCUT2D eigenvalue weighted by molar-refractivity contribution is 7.99. The van der Waals surface area contributed by atoms with Crippen LogP contribution in [-0.2, 0) is 5.60 Å². The number of aryl methyl sites for hydroxylation is 1. The lowest BCUT2D eigenvalue weighted by molar-refractivity contribution is 0.0234. The van der Waals surface area contributed by atoms with E-state index in [9.17, 15) is 5.11 Å². The van der Waals surface area contributed by atoms with Gasteiger partial charge >= 0.3 is 0 Å². The molecule has 0 aliphatic carbocycles. The molecule has 1 aliphatic heterocycles. The Hall–Kier alpha value is -0.470. The molecule has 0 bridgehead atoms. The fraction of sp³-hybridized carbons (Fsp3) is 0.500. The lowest BCUT2D eigenvalue weighted by Gasteiger charge is -2.27. The molecule has 2 rings (SSSR count). The van der Waals surface area contributed by atoms with Crippen LogP contribution in [0.4, 0.5) is 0 Å². The summed E-state index contributed by atoms with van der Waals surface area (Å²) in [6.45, 7) is 4.19. The highest BCUT2D eigenvalue weighted by Gasteiger charge is 2.40. The maximum absolute atomic E-state index is 10.5. The van der Waals surface area contributed by atoms with Gasteiger partial charge in [-0.2, -0.15) is 11.8 Å². The molecule has 0 spiro atoms. The van der Waals surface area contributed by atoms with Crippen molar-refractivity contribution in [1.29, 1.82) is 0 Å². The van der Waals surface area contributed by atoms with Gasteiger partial charge in [-0.25, -0.2) is 0 Å². The van der Waals surface area contributed by atoms with Gasteiger partial charge in [0.2, 0.25) is 0 Å². The molecule has 2 heteroatoms. The lowest BCUT2D eigenvalue weighted by Crippen LogP contribution is -2.32. The van der Waals surface area contributed by atoms with E-state index in [-0.39, 0.29) is 0 Å². The average Bonchev–Trinajstić information content (AvgIpc) is 2.49. The van der Waals surface area contributed by atoms with Crippen LogP contribution in [0, 0.1) is 12.8 Å². The van der Waals surface area contributed by atoms with Crippen molar-refractivity contribution >= 4 is 11.8 Å². The van der Waals surface area contributed by atoms with Gasteiger partial charge in [0.15, 0.2) is 0 Å². The van der Waals surface area contributed by atoms with E-state index in [0.717, 1.165) is 17.1 Å².